The predicted molar refractivity (Wildman–Crippen MR) is 160 cm³/mol. The number of fused-ring (bicyclic) bond motifs is 5. The second-order valence-electron chi connectivity index (χ2n) is 15.4. The van der Waals surface area contributed by atoms with Gasteiger partial charge in [-0.05, 0) is 97.2 Å². The molecule has 16 atom stereocenters. The zero-order chi connectivity index (χ0) is 32.4. The van der Waals surface area contributed by atoms with E-state index in [2.05, 4.69) is 31.0 Å². The maximum atomic E-state index is 11.6. The molecule has 6 N–H and O–H groups in total. The van der Waals surface area contributed by atoms with Gasteiger partial charge in [-0.1, -0.05) is 46.8 Å². The van der Waals surface area contributed by atoms with Gasteiger partial charge in [-0.3, -0.25) is 4.55 Å². The van der Waals surface area contributed by atoms with Crippen molar-refractivity contribution in [3.63, 3.8) is 0 Å². The molecule has 1 heterocycles. The van der Waals surface area contributed by atoms with E-state index in [0.717, 1.165) is 25.7 Å². The van der Waals surface area contributed by atoms with Crippen LogP contribution in [0.2, 0.25) is 0 Å². The number of hydrogen-bond acceptors (Lipinski definition) is 10. The minimum atomic E-state index is -4.84. The summed E-state index contributed by atoms with van der Waals surface area (Å²) < 4.78 is 47.0. The topological polar surface area (TPSA) is 183 Å². The SMILES string of the molecule is CC(C)C(/C=C/[C@@H](C)[C@H]1CC(O)[C@H]2[C@@H]3CC(O)C4CC(O)CC[C@]4(C)[C@H]3CC[C@]12C)O[C@@H]1OC[C@@H](OS(=O)(=O)O)[C@H](O)[C@H]1O. The summed E-state index contributed by atoms with van der Waals surface area (Å²) >= 11 is 0. The van der Waals surface area contributed by atoms with Crippen molar-refractivity contribution in [1.29, 1.82) is 0 Å². The van der Waals surface area contributed by atoms with Crippen molar-refractivity contribution in [3.05, 3.63) is 12.2 Å². The average Bonchev–Trinajstić information content (AvgIpc) is 3.21. The van der Waals surface area contributed by atoms with E-state index in [1.807, 2.05) is 19.9 Å². The summed E-state index contributed by atoms with van der Waals surface area (Å²) in [5.74, 6) is 1.20. The van der Waals surface area contributed by atoms with Gasteiger partial charge in [0.05, 0.1) is 31.0 Å². The lowest BCUT2D eigenvalue weighted by atomic mass is 9.43. The van der Waals surface area contributed by atoms with E-state index >= 15 is 0 Å². The highest BCUT2D eigenvalue weighted by atomic mass is 32.3. The third-order valence-electron chi connectivity index (χ3n) is 12.6. The molecule has 0 spiro atoms. The smallest absolute Gasteiger partial charge is 0.393 e. The largest absolute Gasteiger partial charge is 0.397 e. The summed E-state index contributed by atoms with van der Waals surface area (Å²) in [6.07, 6.45) is 2.17. The van der Waals surface area contributed by atoms with Gasteiger partial charge in [0, 0.05) is 0 Å². The first-order chi connectivity index (χ1) is 20.5. The molecule has 4 aliphatic carbocycles. The van der Waals surface area contributed by atoms with Gasteiger partial charge in [0.15, 0.2) is 6.29 Å². The van der Waals surface area contributed by atoms with E-state index in [9.17, 15) is 34.0 Å². The Hall–Kier alpha value is -0.670. The number of ether oxygens (including phenoxy) is 2. The number of hydrogen-bond donors (Lipinski definition) is 6. The Bertz CT molecular complexity index is 1150. The Kier molecular flexibility index (Phi) is 10.0. The van der Waals surface area contributed by atoms with Crippen LogP contribution in [-0.2, 0) is 24.1 Å². The number of aliphatic hydroxyl groups excluding tert-OH is 5. The fourth-order valence-corrected chi connectivity index (χ4v) is 10.8. The highest BCUT2D eigenvalue weighted by molar-refractivity contribution is 7.80. The van der Waals surface area contributed by atoms with Crippen LogP contribution in [0.1, 0.15) is 79.6 Å². The fraction of sp³-hybridized carbons (Fsp3) is 0.938. The average molecular weight is 647 g/mol. The lowest BCUT2D eigenvalue weighted by molar-refractivity contribution is -0.277. The molecule has 0 aromatic carbocycles. The monoisotopic (exact) mass is 646 g/mol. The minimum absolute atomic E-state index is 0.0162. The zero-order valence-corrected chi connectivity index (χ0v) is 27.4. The van der Waals surface area contributed by atoms with Crippen LogP contribution in [0.25, 0.3) is 0 Å². The van der Waals surface area contributed by atoms with Crippen LogP contribution in [0.4, 0.5) is 0 Å². The molecule has 5 rings (SSSR count). The Morgan fingerprint density at radius 1 is 0.864 bits per heavy atom. The van der Waals surface area contributed by atoms with Crippen LogP contribution in [0.5, 0.6) is 0 Å². The zero-order valence-electron chi connectivity index (χ0n) is 26.6. The Balaban J connectivity index is 1.27. The molecule has 254 valence electrons. The third-order valence-corrected chi connectivity index (χ3v) is 13.1. The van der Waals surface area contributed by atoms with E-state index in [1.165, 1.54) is 0 Å². The summed E-state index contributed by atoms with van der Waals surface area (Å²) in [4.78, 5) is 0. The minimum Gasteiger partial charge on any atom is -0.393 e. The molecule has 11 nitrogen and oxygen atoms in total. The molecule has 12 heteroatoms. The van der Waals surface area contributed by atoms with Crippen LogP contribution in [0.15, 0.2) is 12.2 Å². The Morgan fingerprint density at radius 2 is 1.55 bits per heavy atom. The van der Waals surface area contributed by atoms with Gasteiger partial charge in [0.1, 0.15) is 18.3 Å². The van der Waals surface area contributed by atoms with Crippen LogP contribution in [0.3, 0.4) is 0 Å². The lowest BCUT2D eigenvalue weighted by Gasteiger charge is -2.62. The molecule has 5 aliphatic rings. The maximum Gasteiger partial charge on any atom is 0.397 e. The molecule has 1 aliphatic heterocycles. The van der Waals surface area contributed by atoms with Crippen molar-refractivity contribution in [2.75, 3.05) is 6.61 Å². The molecule has 0 amide bonds. The lowest BCUT2D eigenvalue weighted by Crippen LogP contribution is -2.59. The summed E-state index contributed by atoms with van der Waals surface area (Å²) in [6.45, 7) is 10.3. The molecule has 0 aromatic heterocycles. The molecule has 4 saturated carbocycles. The standard InChI is InChI=1S/C32H54O11S/c1-16(2)25(42-30-29(37)28(36)26(15-41-30)43-44(38,39)40)7-6-17(3)21-14-24(35)27-19-13-23(34)22-12-18(33)8-10-31(22,4)20(19)9-11-32(21,27)5/h6-7,16-30,33-37H,8-15H2,1-5H3,(H,38,39,40)/b7-6+/t17-,18?,19-,20+,21-,22?,23?,24?,25?,26-,27-,28+,29-,30+,31-,32-/m1/s1. The second kappa shape index (κ2) is 12.7. The van der Waals surface area contributed by atoms with Crippen LogP contribution in [0, 0.1) is 52.3 Å². The number of aliphatic hydroxyl groups is 5. The van der Waals surface area contributed by atoms with Crippen molar-refractivity contribution >= 4 is 10.4 Å². The maximum absolute atomic E-state index is 11.6. The normalized spacial score (nSPS) is 49.4. The van der Waals surface area contributed by atoms with Crippen molar-refractivity contribution in [2.24, 2.45) is 52.3 Å². The molecule has 0 radical (unpaired) electrons. The van der Waals surface area contributed by atoms with Gasteiger partial charge in [-0.2, -0.15) is 8.42 Å². The van der Waals surface area contributed by atoms with Crippen molar-refractivity contribution in [2.45, 2.75) is 129 Å². The van der Waals surface area contributed by atoms with Crippen LogP contribution >= 0.6 is 0 Å². The van der Waals surface area contributed by atoms with Gasteiger partial charge >= 0.3 is 10.4 Å². The van der Waals surface area contributed by atoms with Crippen molar-refractivity contribution < 1.29 is 52.2 Å². The molecule has 1 saturated heterocycles. The number of allylic oxidation sites excluding steroid dienone is 1. The Labute approximate surface area is 261 Å². The first kappa shape index (κ1) is 34.7. The second-order valence-corrected chi connectivity index (χ2v) is 16.5. The van der Waals surface area contributed by atoms with Gasteiger partial charge in [0.25, 0.3) is 0 Å². The van der Waals surface area contributed by atoms with Gasteiger partial charge in [0.2, 0.25) is 0 Å². The van der Waals surface area contributed by atoms with E-state index in [1.54, 1.807) is 0 Å². The van der Waals surface area contributed by atoms with Gasteiger partial charge < -0.3 is 35.0 Å². The first-order valence-electron chi connectivity index (χ1n) is 16.5. The van der Waals surface area contributed by atoms with Crippen molar-refractivity contribution in [1.82, 2.24) is 0 Å². The van der Waals surface area contributed by atoms with Crippen LogP contribution < -0.4 is 0 Å². The molecular weight excluding hydrogens is 592 g/mol. The quantitative estimate of drug-likeness (QED) is 0.168. The fourth-order valence-electron chi connectivity index (χ4n) is 10.3. The highest BCUT2D eigenvalue weighted by Gasteiger charge is 2.64. The summed E-state index contributed by atoms with van der Waals surface area (Å²) in [7, 11) is -4.84. The van der Waals surface area contributed by atoms with E-state index in [4.69, 9.17) is 14.0 Å². The predicted octanol–water partition coefficient (Wildman–Crippen LogP) is 2.45. The summed E-state index contributed by atoms with van der Waals surface area (Å²) in [5, 5.41) is 54.2. The molecule has 0 aromatic rings. The number of rotatable bonds is 8. The molecule has 5 fully saturated rings. The van der Waals surface area contributed by atoms with E-state index < -0.39 is 59.9 Å². The van der Waals surface area contributed by atoms with Crippen molar-refractivity contribution in [3.8, 4) is 0 Å². The van der Waals surface area contributed by atoms with Crippen LogP contribution in [-0.4, -0.2) is 94.1 Å². The van der Waals surface area contributed by atoms with E-state index in [-0.39, 0.29) is 52.4 Å². The highest BCUT2D eigenvalue weighted by Crippen LogP contribution is 2.68. The molecule has 44 heavy (non-hydrogen) atoms. The Morgan fingerprint density at radius 3 is 2.20 bits per heavy atom. The molecular formula is C32H54O11S. The summed E-state index contributed by atoms with van der Waals surface area (Å²) in [6, 6.07) is 0. The van der Waals surface area contributed by atoms with E-state index in [0.29, 0.717) is 25.2 Å². The molecule has 0 bridgehead atoms. The molecule has 5 unspecified atom stereocenters. The third kappa shape index (κ3) is 6.42. The first-order valence-corrected chi connectivity index (χ1v) is 17.8. The summed E-state index contributed by atoms with van der Waals surface area (Å²) in [5.41, 5.74) is -0.115. The van der Waals surface area contributed by atoms with Gasteiger partial charge in [-0.15, -0.1) is 0 Å². The van der Waals surface area contributed by atoms with Gasteiger partial charge in [-0.25, -0.2) is 4.18 Å².